The Morgan fingerprint density at radius 2 is 2.23 bits per heavy atom. The Labute approximate surface area is 75.8 Å². The van der Waals surface area contributed by atoms with Crippen molar-refractivity contribution in [1.29, 1.82) is 0 Å². The minimum absolute atomic E-state index is 0.00167. The summed E-state index contributed by atoms with van der Waals surface area (Å²) in [7, 11) is 0. The van der Waals surface area contributed by atoms with Gasteiger partial charge in [0.15, 0.2) is 0 Å². The van der Waals surface area contributed by atoms with Gasteiger partial charge in [-0.1, -0.05) is 6.07 Å². The lowest BCUT2D eigenvalue weighted by atomic mass is 10.2. The topological polar surface area (TPSA) is 69.6 Å². The summed E-state index contributed by atoms with van der Waals surface area (Å²) >= 11 is 0. The van der Waals surface area contributed by atoms with E-state index in [0.717, 1.165) is 5.56 Å². The summed E-state index contributed by atoms with van der Waals surface area (Å²) in [5.41, 5.74) is 1.21. The summed E-state index contributed by atoms with van der Waals surface area (Å²) in [6.45, 7) is 1.24. The molecule has 70 valence electrons. The summed E-state index contributed by atoms with van der Waals surface area (Å²) in [4.78, 5) is 10.7. The van der Waals surface area contributed by atoms with Crippen LogP contribution in [0.4, 0.5) is 5.69 Å². The van der Waals surface area contributed by atoms with Gasteiger partial charge in [-0.05, 0) is 24.6 Å². The average molecular weight is 181 g/mol. The predicted molar refractivity (Wildman–Crippen MR) is 48.6 cm³/mol. The van der Waals surface area contributed by atoms with Gasteiger partial charge in [0.05, 0.1) is 5.69 Å². The molecule has 0 radical (unpaired) electrons. The van der Waals surface area contributed by atoms with Crippen molar-refractivity contribution in [3.8, 4) is 5.75 Å². The maximum Gasteiger partial charge on any atom is 0.250 e. The fourth-order valence-electron chi connectivity index (χ4n) is 0.937. The summed E-state index contributed by atoms with van der Waals surface area (Å²) in [6.07, 6.45) is 0. The van der Waals surface area contributed by atoms with Crippen LogP contribution in [-0.4, -0.2) is 22.7 Å². The lowest BCUT2D eigenvalue weighted by Crippen LogP contribution is -2.15. The summed E-state index contributed by atoms with van der Waals surface area (Å²) in [5, 5.41) is 20.1. The number of aryl methyl sites for hydroxylation is 1. The first-order chi connectivity index (χ1) is 6.13. The van der Waals surface area contributed by atoms with Gasteiger partial charge in [-0.2, -0.15) is 0 Å². The summed E-state index contributed by atoms with van der Waals surface area (Å²) < 4.78 is 0. The second kappa shape index (κ2) is 3.91. The number of aromatic hydroxyl groups is 1. The van der Waals surface area contributed by atoms with Crippen molar-refractivity contribution in [2.45, 2.75) is 6.92 Å². The monoisotopic (exact) mass is 181 g/mol. The number of phenolic OH excluding ortho intramolecular Hbond substituents is 1. The second-order valence-electron chi connectivity index (χ2n) is 2.73. The van der Waals surface area contributed by atoms with E-state index in [1.807, 2.05) is 6.92 Å². The van der Waals surface area contributed by atoms with Gasteiger partial charge in [-0.15, -0.1) is 0 Å². The van der Waals surface area contributed by atoms with E-state index >= 15 is 0 Å². The molecule has 0 saturated heterocycles. The maximum absolute atomic E-state index is 10.7. The van der Waals surface area contributed by atoms with Gasteiger partial charge < -0.3 is 15.5 Å². The Bertz CT molecular complexity index is 323. The number of amides is 1. The SMILES string of the molecule is Cc1ccc(NC(=O)CO)c(O)c1. The van der Waals surface area contributed by atoms with Crippen LogP contribution in [0.5, 0.6) is 5.75 Å². The van der Waals surface area contributed by atoms with Crippen LogP contribution in [0.25, 0.3) is 0 Å². The fourth-order valence-corrected chi connectivity index (χ4v) is 0.937. The number of benzene rings is 1. The van der Waals surface area contributed by atoms with Crippen molar-refractivity contribution >= 4 is 11.6 Å². The van der Waals surface area contributed by atoms with E-state index in [4.69, 9.17) is 5.11 Å². The van der Waals surface area contributed by atoms with E-state index in [9.17, 15) is 9.90 Å². The molecule has 13 heavy (non-hydrogen) atoms. The van der Waals surface area contributed by atoms with Gasteiger partial charge in [0.1, 0.15) is 12.4 Å². The Morgan fingerprint density at radius 1 is 1.54 bits per heavy atom. The van der Waals surface area contributed by atoms with E-state index in [2.05, 4.69) is 5.32 Å². The molecule has 0 aliphatic heterocycles. The van der Waals surface area contributed by atoms with Crippen LogP contribution < -0.4 is 5.32 Å². The summed E-state index contributed by atoms with van der Waals surface area (Å²) in [5.74, 6) is -0.541. The third-order valence-electron chi connectivity index (χ3n) is 1.57. The number of rotatable bonds is 2. The Hall–Kier alpha value is -1.55. The van der Waals surface area contributed by atoms with E-state index in [1.165, 1.54) is 6.07 Å². The molecule has 4 heteroatoms. The zero-order chi connectivity index (χ0) is 9.84. The highest BCUT2D eigenvalue weighted by atomic mass is 16.3. The quantitative estimate of drug-likeness (QED) is 0.586. The third-order valence-corrected chi connectivity index (χ3v) is 1.57. The van der Waals surface area contributed by atoms with Crippen molar-refractivity contribution in [2.24, 2.45) is 0 Å². The van der Waals surface area contributed by atoms with Crippen molar-refractivity contribution in [1.82, 2.24) is 0 Å². The molecular formula is C9H11NO3. The van der Waals surface area contributed by atoms with Gasteiger partial charge >= 0.3 is 0 Å². The molecule has 3 N–H and O–H groups in total. The van der Waals surface area contributed by atoms with Crippen LogP contribution in [0.2, 0.25) is 0 Å². The standard InChI is InChI=1S/C9H11NO3/c1-6-2-3-7(8(12)4-6)10-9(13)5-11/h2-4,11-12H,5H2,1H3,(H,10,13). The van der Waals surface area contributed by atoms with E-state index in [-0.39, 0.29) is 5.75 Å². The molecule has 1 amide bonds. The van der Waals surface area contributed by atoms with Gasteiger partial charge in [-0.3, -0.25) is 4.79 Å². The van der Waals surface area contributed by atoms with Crippen LogP contribution in [0, 0.1) is 6.92 Å². The number of carbonyl (C=O) groups excluding carboxylic acids is 1. The molecule has 1 rings (SSSR count). The first kappa shape index (κ1) is 9.54. The number of anilines is 1. The Balaban J connectivity index is 2.83. The van der Waals surface area contributed by atoms with Crippen LogP contribution in [-0.2, 0) is 4.79 Å². The zero-order valence-electron chi connectivity index (χ0n) is 7.24. The number of hydrogen-bond donors (Lipinski definition) is 3. The largest absolute Gasteiger partial charge is 0.506 e. The van der Waals surface area contributed by atoms with E-state index in [0.29, 0.717) is 5.69 Å². The van der Waals surface area contributed by atoms with Crippen molar-refractivity contribution in [3.05, 3.63) is 23.8 Å². The number of carbonyl (C=O) groups is 1. The van der Waals surface area contributed by atoms with Gasteiger partial charge in [0.2, 0.25) is 5.91 Å². The number of aliphatic hydroxyl groups excluding tert-OH is 1. The molecule has 4 nitrogen and oxygen atoms in total. The molecule has 1 aromatic rings. The van der Waals surface area contributed by atoms with Gasteiger partial charge in [0, 0.05) is 0 Å². The van der Waals surface area contributed by atoms with Crippen LogP contribution in [0.15, 0.2) is 18.2 Å². The van der Waals surface area contributed by atoms with E-state index < -0.39 is 12.5 Å². The maximum atomic E-state index is 10.7. The van der Waals surface area contributed by atoms with Crippen LogP contribution in [0.1, 0.15) is 5.56 Å². The third kappa shape index (κ3) is 2.45. The summed E-state index contributed by atoms with van der Waals surface area (Å²) in [6, 6.07) is 4.87. The molecule has 0 saturated carbocycles. The zero-order valence-corrected chi connectivity index (χ0v) is 7.24. The number of phenols is 1. The van der Waals surface area contributed by atoms with Crippen molar-refractivity contribution in [3.63, 3.8) is 0 Å². The molecule has 0 aromatic heterocycles. The number of aliphatic hydroxyl groups is 1. The molecule has 0 heterocycles. The highest BCUT2D eigenvalue weighted by Crippen LogP contribution is 2.23. The molecule has 0 aliphatic carbocycles. The van der Waals surface area contributed by atoms with Crippen LogP contribution >= 0.6 is 0 Å². The number of hydrogen-bond acceptors (Lipinski definition) is 3. The molecule has 1 aromatic carbocycles. The van der Waals surface area contributed by atoms with Gasteiger partial charge in [0.25, 0.3) is 0 Å². The molecular weight excluding hydrogens is 170 g/mol. The molecule has 0 spiro atoms. The first-order valence-electron chi connectivity index (χ1n) is 3.84. The smallest absolute Gasteiger partial charge is 0.250 e. The van der Waals surface area contributed by atoms with Crippen molar-refractivity contribution in [2.75, 3.05) is 11.9 Å². The van der Waals surface area contributed by atoms with Crippen molar-refractivity contribution < 1.29 is 15.0 Å². The highest BCUT2D eigenvalue weighted by molar-refractivity contribution is 5.92. The van der Waals surface area contributed by atoms with E-state index in [1.54, 1.807) is 12.1 Å². The molecule has 0 bridgehead atoms. The Morgan fingerprint density at radius 3 is 2.77 bits per heavy atom. The molecule has 0 atom stereocenters. The average Bonchev–Trinajstić information content (AvgIpc) is 2.09. The lowest BCUT2D eigenvalue weighted by molar-refractivity contribution is -0.118. The highest BCUT2D eigenvalue weighted by Gasteiger charge is 2.04. The lowest BCUT2D eigenvalue weighted by Gasteiger charge is -2.05. The van der Waals surface area contributed by atoms with Crippen LogP contribution in [0.3, 0.4) is 0 Å². The molecule has 0 fully saturated rings. The first-order valence-corrected chi connectivity index (χ1v) is 3.84. The minimum atomic E-state index is -0.590. The minimum Gasteiger partial charge on any atom is -0.506 e. The number of nitrogens with one attached hydrogen (secondary N) is 1. The molecule has 0 unspecified atom stereocenters. The fraction of sp³-hybridized carbons (Fsp3) is 0.222. The second-order valence-corrected chi connectivity index (χ2v) is 2.73. The van der Waals surface area contributed by atoms with Gasteiger partial charge in [-0.25, -0.2) is 0 Å². The predicted octanol–water partition coefficient (Wildman–Crippen LogP) is 0.631. The normalized spacial score (nSPS) is 9.69. The molecule has 0 aliphatic rings. The Kier molecular flexibility index (Phi) is 2.87.